The minimum absolute atomic E-state index is 0.0218. The Bertz CT molecular complexity index is 807. The maximum Gasteiger partial charge on any atom is 0.124 e. The monoisotopic (exact) mass is 315 g/mol. The van der Waals surface area contributed by atoms with Crippen molar-refractivity contribution in [2.45, 2.75) is 19.4 Å². The first-order valence-corrected chi connectivity index (χ1v) is 8.14. The molecule has 0 aliphatic heterocycles. The molecule has 0 aliphatic carbocycles. The third kappa shape index (κ3) is 4.11. The number of para-hydroxylation sites is 1. The van der Waals surface area contributed by atoms with E-state index in [9.17, 15) is 5.11 Å². The molecule has 0 saturated heterocycles. The van der Waals surface area contributed by atoms with E-state index in [1.54, 1.807) is 12.3 Å². The second kappa shape index (κ2) is 7.60. The third-order valence-electron chi connectivity index (χ3n) is 4.06. The van der Waals surface area contributed by atoms with Gasteiger partial charge in [0.25, 0.3) is 0 Å². The van der Waals surface area contributed by atoms with Crippen molar-refractivity contribution in [1.29, 1.82) is 0 Å². The smallest absolute Gasteiger partial charge is 0.124 e. The van der Waals surface area contributed by atoms with E-state index in [2.05, 4.69) is 43.3 Å². The third-order valence-corrected chi connectivity index (χ3v) is 4.06. The lowest BCUT2D eigenvalue weighted by Gasteiger charge is -2.13. The number of aliphatic imine (C=N–C) groups is 1. The van der Waals surface area contributed by atoms with Crippen LogP contribution in [0, 0.1) is 6.92 Å². The second-order valence-corrected chi connectivity index (χ2v) is 5.95. The minimum atomic E-state index is 0.0218. The molecule has 1 atom stereocenters. The molecule has 2 nitrogen and oxygen atoms in total. The summed E-state index contributed by atoms with van der Waals surface area (Å²) in [5, 5.41) is 9.92. The topological polar surface area (TPSA) is 32.6 Å². The number of hydrogen-bond acceptors (Lipinski definition) is 2. The van der Waals surface area contributed by atoms with E-state index in [4.69, 9.17) is 4.99 Å². The highest BCUT2D eigenvalue weighted by Gasteiger charge is 2.10. The largest absolute Gasteiger partial charge is 0.507 e. The number of phenols is 1. The zero-order valence-electron chi connectivity index (χ0n) is 13.8. The molecule has 0 radical (unpaired) electrons. The van der Waals surface area contributed by atoms with Crippen LogP contribution in [-0.2, 0) is 6.42 Å². The number of aryl methyl sites for hydroxylation is 1. The summed E-state index contributed by atoms with van der Waals surface area (Å²) in [5.41, 5.74) is 4.42. The van der Waals surface area contributed by atoms with Gasteiger partial charge in [-0.15, -0.1) is 0 Å². The molecule has 0 aromatic heterocycles. The van der Waals surface area contributed by atoms with E-state index in [1.807, 2.05) is 36.4 Å². The van der Waals surface area contributed by atoms with Gasteiger partial charge in [0.05, 0.1) is 6.04 Å². The minimum Gasteiger partial charge on any atom is -0.507 e. The average molecular weight is 315 g/mol. The molecule has 0 saturated carbocycles. The summed E-state index contributed by atoms with van der Waals surface area (Å²) in [6, 6.07) is 26.1. The van der Waals surface area contributed by atoms with Gasteiger partial charge in [-0.25, -0.2) is 0 Å². The Morgan fingerprint density at radius 2 is 1.54 bits per heavy atom. The van der Waals surface area contributed by atoms with Crippen LogP contribution in [0.25, 0.3) is 0 Å². The maximum absolute atomic E-state index is 9.92. The Morgan fingerprint density at radius 3 is 2.25 bits per heavy atom. The molecule has 0 amide bonds. The fourth-order valence-electron chi connectivity index (χ4n) is 2.65. The molecular formula is C22H21NO. The molecule has 120 valence electrons. The molecule has 24 heavy (non-hydrogen) atoms. The summed E-state index contributed by atoms with van der Waals surface area (Å²) in [5.74, 6) is 0.253. The Labute approximate surface area is 143 Å². The van der Waals surface area contributed by atoms with Crippen LogP contribution in [0.3, 0.4) is 0 Å². The predicted octanol–water partition coefficient (Wildman–Crippen LogP) is 5.10. The highest BCUT2D eigenvalue weighted by Crippen LogP contribution is 2.23. The Kier molecular flexibility index (Phi) is 5.07. The van der Waals surface area contributed by atoms with Gasteiger partial charge in [-0.05, 0) is 36.6 Å². The summed E-state index contributed by atoms with van der Waals surface area (Å²) in [6.07, 6.45) is 2.59. The van der Waals surface area contributed by atoms with Crippen LogP contribution in [0.1, 0.15) is 28.3 Å². The van der Waals surface area contributed by atoms with Crippen LogP contribution in [-0.4, -0.2) is 11.3 Å². The molecule has 0 heterocycles. The zero-order chi connectivity index (χ0) is 16.8. The number of phenolic OH excluding ortho intramolecular Hbond substituents is 1. The Morgan fingerprint density at radius 1 is 0.875 bits per heavy atom. The summed E-state index contributed by atoms with van der Waals surface area (Å²) in [4.78, 5) is 4.76. The van der Waals surface area contributed by atoms with Crippen molar-refractivity contribution in [3.8, 4) is 5.75 Å². The van der Waals surface area contributed by atoms with E-state index in [0.717, 1.165) is 12.0 Å². The molecule has 0 unspecified atom stereocenters. The standard InChI is InChI=1S/C22H21NO/c1-17-11-13-18(14-12-17)15-21(19-7-3-2-4-8-19)23-16-20-9-5-6-10-22(20)24/h2-14,16,21,24H,15H2,1H3/b23-16+/t21-/m0/s1. The molecule has 0 aliphatic rings. The Balaban J connectivity index is 1.88. The van der Waals surface area contributed by atoms with Gasteiger partial charge in [0.2, 0.25) is 0 Å². The van der Waals surface area contributed by atoms with Crippen LogP contribution in [0.4, 0.5) is 0 Å². The molecule has 0 bridgehead atoms. The van der Waals surface area contributed by atoms with Gasteiger partial charge in [-0.1, -0.05) is 72.3 Å². The van der Waals surface area contributed by atoms with Gasteiger partial charge < -0.3 is 5.11 Å². The number of rotatable bonds is 5. The molecule has 1 N–H and O–H groups in total. The molecular weight excluding hydrogens is 294 g/mol. The lowest BCUT2D eigenvalue weighted by Crippen LogP contribution is -2.01. The van der Waals surface area contributed by atoms with E-state index < -0.39 is 0 Å². The summed E-state index contributed by atoms with van der Waals surface area (Å²) in [7, 11) is 0. The number of benzene rings is 3. The van der Waals surface area contributed by atoms with Gasteiger partial charge in [0.15, 0.2) is 0 Å². The first-order valence-electron chi connectivity index (χ1n) is 8.14. The molecule has 3 rings (SSSR count). The van der Waals surface area contributed by atoms with Crippen molar-refractivity contribution < 1.29 is 5.11 Å². The van der Waals surface area contributed by atoms with Gasteiger partial charge >= 0.3 is 0 Å². The normalized spacial score (nSPS) is 12.4. The highest BCUT2D eigenvalue weighted by molar-refractivity contribution is 5.83. The molecule has 3 aromatic rings. The lowest BCUT2D eigenvalue weighted by atomic mass is 9.98. The van der Waals surface area contributed by atoms with E-state index in [-0.39, 0.29) is 11.8 Å². The molecule has 2 heteroatoms. The first-order chi connectivity index (χ1) is 11.7. The van der Waals surface area contributed by atoms with Crippen molar-refractivity contribution >= 4 is 6.21 Å². The van der Waals surface area contributed by atoms with E-state index in [1.165, 1.54) is 16.7 Å². The van der Waals surface area contributed by atoms with Crippen molar-refractivity contribution in [3.05, 3.63) is 101 Å². The maximum atomic E-state index is 9.92. The van der Waals surface area contributed by atoms with Gasteiger partial charge in [0, 0.05) is 11.8 Å². The summed E-state index contributed by atoms with van der Waals surface area (Å²) < 4.78 is 0. The zero-order valence-corrected chi connectivity index (χ0v) is 13.8. The van der Waals surface area contributed by atoms with Crippen LogP contribution in [0.2, 0.25) is 0 Å². The first kappa shape index (κ1) is 16.0. The fourth-order valence-corrected chi connectivity index (χ4v) is 2.65. The van der Waals surface area contributed by atoms with Crippen molar-refractivity contribution in [1.82, 2.24) is 0 Å². The molecule has 3 aromatic carbocycles. The van der Waals surface area contributed by atoms with Crippen LogP contribution in [0.5, 0.6) is 5.75 Å². The van der Waals surface area contributed by atoms with Crippen molar-refractivity contribution in [2.75, 3.05) is 0 Å². The molecule has 0 spiro atoms. The van der Waals surface area contributed by atoms with Crippen LogP contribution >= 0.6 is 0 Å². The Hall–Kier alpha value is -2.87. The number of hydrogen-bond donors (Lipinski definition) is 1. The summed E-state index contributed by atoms with van der Waals surface area (Å²) in [6.45, 7) is 2.09. The number of nitrogens with zero attached hydrogens (tertiary/aromatic N) is 1. The van der Waals surface area contributed by atoms with Gasteiger partial charge in [-0.3, -0.25) is 4.99 Å². The van der Waals surface area contributed by atoms with Crippen molar-refractivity contribution in [3.63, 3.8) is 0 Å². The summed E-state index contributed by atoms with van der Waals surface area (Å²) >= 11 is 0. The predicted molar refractivity (Wildman–Crippen MR) is 99.8 cm³/mol. The quantitative estimate of drug-likeness (QED) is 0.652. The average Bonchev–Trinajstić information content (AvgIpc) is 2.62. The van der Waals surface area contributed by atoms with Gasteiger partial charge in [-0.2, -0.15) is 0 Å². The lowest BCUT2D eigenvalue weighted by molar-refractivity contribution is 0.474. The SMILES string of the molecule is Cc1ccc(C[C@H](/N=C/c2ccccc2O)c2ccccc2)cc1. The van der Waals surface area contributed by atoms with Gasteiger partial charge in [0.1, 0.15) is 5.75 Å². The van der Waals surface area contributed by atoms with E-state index in [0.29, 0.717) is 0 Å². The second-order valence-electron chi connectivity index (χ2n) is 5.95. The van der Waals surface area contributed by atoms with Crippen LogP contribution < -0.4 is 0 Å². The number of aromatic hydroxyl groups is 1. The van der Waals surface area contributed by atoms with Crippen LogP contribution in [0.15, 0.2) is 83.9 Å². The van der Waals surface area contributed by atoms with E-state index >= 15 is 0 Å². The highest BCUT2D eigenvalue weighted by atomic mass is 16.3. The molecule has 0 fully saturated rings. The fraction of sp³-hybridized carbons (Fsp3) is 0.136. The van der Waals surface area contributed by atoms with Crippen molar-refractivity contribution in [2.24, 2.45) is 4.99 Å².